The number of carboxylic acid groups (broad SMARTS) is 1. The average Bonchev–Trinajstić information content (AvgIpc) is 2.36. The van der Waals surface area contributed by atoms with E-state index in [4.69, 9.17) is 5.11 Å². The normalized spacial score (nSPS) is 9.37. The highest BCUT2D eigenvalue weighted by molar-refractivity contribution is 5.85. The van der Waals surface area contributed by atoms with Crippen molar-refractivity contribution in [2.45, 2.75) is 6.42 Å². The van der Waals surface area contributed by atoms with Crippen LogP contribution in [0.25, 0.3) is 0 Å². The van der Waals surface area contributed by atoms with Crippen molar-refractivity contribution in [2.24, 2.45) is 0 Å². The van der Waals surface area contributed by atoms with Gasteiger partial charge in [-0.3, -0.25) is 14.4 Å². The van der Waals surface area contributed by atoms with Gasteiger partial charge in [-0.25, -0.2) is 4.79 Å². The Morgan fingerprint density at radius 2 is 1.53 bits per heavy atom. The van der Waals surface area contributed by atoms with E-state index in [1.165, 1.54) is 0 Å². The summed E-state index contributed by atoms with van der Waals surface area (Å²) in [5, 5.41) is 10.7. The molecule has 19 heavy (non-hydrogen) atoms. The predicted molar refractivity (Wildman–Crippen MR) is 61.3 cm³/mol. The lowest BCUT2D eigenvalue weighted by atomic mass is 10.4. The highest BCUT2D eigenvalue weighted by Crippen LogP contribution is 1.93. The molecule has 0 aromatic heterocycles. The first-order valence-corrected chi connectivity index (χ1v) is 5.29. The number of hydrogen-bond acceptors (Lipinski definition) is 6. The van der Waals surface area contributed by atoms with Gasteiger partial charge >= 0.3 is 23.9 Å². The maximum Gasteiger partial charge on any atom is 0.325 e. The maximum atomic E-state index is 11.6. The van der Waals surface area contributed by atoms with E-state index in [-0.39, 0.29) is 13.0 Å². The van der Waals surface area contributed by atoms with Crippen molar-refractivity contribution in [2.75, 3.05) is 33.9 Å². The summed E-state index contributed by atoms with van der Waals surface area (Å²) < 4.78 is 8.76. The third-order valence-electron chi connectivity index (χ3n) is 2.00. The van der Waals surface area contributed by atoms with E-state index >= 15 is 0 Å². The number of methoxy groups -OCH3 is 2. The van der Waals surface area contributed by atoms with Gasteiger partial charge in [-0.15, -0.1) is 0 Å². The average molecular weight is 276 g/mol. The molecule has 9 nitrogen and oxygen atoms in total. The quantitative estimate of drug-likeness (QED) is 0.561. The van der Waals surface area contributed by atoms with Crippen LogP contribution in [0.2, 0.25) is 0 Å². The van der Waals surface area contributed by atoms with Crippen LogP contribution >= 0.6 is 0 Å². The molecule has 0 aliphatic rings. The SMILES string of the molecule is COC(=O)CN(CC(=O)OC)C(=O)NCCC(=O)O. The summed E-state index contributed by atoms with van der Waals surface area (Å²) in [6.07, 6.45) is -0.268. The number of rotatable bonds is 7. The van der Waals surface area contributed by atoms with E-state index in [0.717, 1.165) is 19.1 Å². The van der Waals surface area contributed by atoms with E-state index in [2.05, 4.69) is 14.8 Å². The maximum absolute atomic E-state index is 11.6. The first kappa shape index (κ1) is 16.7. The number of esters is 2. The van der Waals surface area contributed by atoms with Crippen LogP contribution in [0.3, 0.4) is 0 Å². The van der Waals surface area contributed by atoms with Crippen molar-refractivity contribution < 1.29 is 33.8 Å². The van der Waals surface area contributed by atoms with Crippen LogP contribution in [-0.4, -0.2) is 67.8 Å². The molecule has 0 fully saturated rings. The predicted octanol–water partition coefficient (Wildman–Crippen LogP) is -1.18. The van der Waals surface area contributed by atoms with Crippen LogP contribution < -0.4 is 5.32 Å². The van der Waals surface area contributed by atoms with E-state index in [1.807, 2.05) is 0 Å². The molecular weight excluding hydrogens is 260 g/mol. The fourth-order valence-electron chi connectivity index (χ4n) is 1.03. The lowest BCUT2D eigenvalue weighted by molar-refractivity contribution is -0.144. The summed E-state index contributed by atoms with van der Waals surface area (Å²) in [5.74, 6) is -2.50. The molecule has 0 atom stereocenters. The van der Waals surface area contributed by atoms with E-state index < -0.39 is 37.0 Å². The number of aliphatic carboxylic acids is 1. The monoisotopic (exact) mass is 276 g/mol. The van der Waals surface area contributed by atoms with Gasteiger partial charge in [0.25, 0.3) is 0 Å². The molecule has 0 aliphatic carbocycles. The van der Waals surface area contributed by atoms with Crippen molar-refractivity contribution in [1.82, 2.24) is 10.2 Å². The number of carbonyl (C=O) groups is 4. The molecule has 0 unspecified atom stereocenters. The minimum Gasteiger partial charge on any atom is -0.481 e. The van der Waals surface area contributed by atoms with Crippen molar-refractivity contribution >= 4 is 23.9 Å². The van der Waals surface area contributed by atoms with E-state index in [9.17, 15) is 19.2 Å². The Labute approximate surface area is 109 Å². The van der Waals surface area contributed by atoms with Crippen LogP contribution in [0.1, 0.15) is 6.42 Å². The van der Waals surface area contributed by atoms with Gasteiger partial charge in [0, 0.05) is 6.54 Å². The molecule has 2 amide bonds. The van der Waals surface area contributed by atoms with E-state index in [1.54, 1.807) is 0 Å². The summed E-state index contributed by atoms with van der Waals surface area (Å²) in [6.45, 7) is -0.998. The molecule has 9 heteroatoms. The van der Waals surface area contributed by atoms with Gasteiger partial charge in [0.15, 0.2) is 0 Å². The molecule has 108 valence electrons. The first-order chi connectivity index (χ1) is 8.90. The number of urea groups is 1. The highest BCUT2D eigenvalue weighted by atomic mass is 16.5. The van der Waals surface area contributed by atoms with Crippen molar-refractivity contribution in [1.29, 1.82) is 0 Å². The zero-order valence-electron chi connectivity index (χ0n) is 10.7. The van der Waals surface area contributed by atoms with Crippen molar-refractivity contribution in [3.05, 3.63) is 0 Å². The molecule has 0 aromatic rings. The largest absolute Gasteiger partial charge is 0.481 e. The molecular formula is C10H16N2O7. The second kappa shape index (κ2) is 8.72. The molecule has 2 N–H and O–H groups in total. The molecule has 0 aliphatic heterocycles. The Kier molecular flexibility index (Phi) is 7.66. The van der Waals surface area contributed by atoms with Gasteiger partial charge in [0.05, 0.1) is 20.6 Å². The lowest BCUT2D eigenvalue weighted by Gasteiger charge is -2.20. The van der Waals surface area contributed by atoms with Crippen LogP contribution in [0.4, 0.5) is 4.79 Å². The number of hydrogen-bond donors (Lipinski definition) is 2. The smallest absolute Gasteiger partial charge is 0.325 e. The molecule has 0 rings (SSSR count). The molecule has 0 spiro atoms. The fourth-order valence-corrected chi connectivity index (χ4v) is 1.03. The van der Waals surface area contributed by atoms with E-state index in [0.29, 0.717) is 0 Å². The number of nitrogens with one attached hydrogen (secondary N) is 1. The lowest BCUT2D eigenvalue weighted by Crippen LogP contribution is -2.46. The zero-order valence-corrected chi connectivity index (χ0v) is 10.7. The number of carboxylic acids is 1. The van der Waals surface area contributed by atoms with Crippen molar-refractivity contribution in [3.8, 4) is 0 Å². The Balaban J connectivity index is 4.44. The van der Waals surface area contributed by atoms with Gasteiger partial charge < -0.3 is 24.8 Å². The van der Waals surface area contributed by atoms with Gasteiger partial charge in [0.2, 0.25) is 0 Å². The second-order valence-corrected chi connectivity index (χ2v) is 3.38. The third-order valence-corrected chi connectivity index (χ3v) is 2.00. The first-order valence-electron chi connectivity index (χ1n) is 5.29. The molecule has 0 saturated heterocycles. The molecule has 0 bridgehead atoms. The van der Waals surface area contributed by atoms with Crippen molar-refractivity contribution in [3.63, 3.8) is 0 Å². The minimum absolute atomic E-state index is 0.118. The highest BCUT2D eigenvalue weighted by Gasteiger charge is 2.20. The van der Waals surface area contributed by atoms with Crippen LogP contribution in [-0.2, 0) is 23.9 Å². The van der Waals surface area contributed by atoms with Crippen LogP contribution in [0.5, 0.6) is 0 Å². The number of carbonyl (C=O) groups excluding carboxylic acids is 3. The number of ether oxygens (including phenoxy) is 2. The van der Waals surface area contributed by atoms with Crippen LogP contribution in [0, 0.1) is 0 Å². The van der Waals surface area contributed by atoms with Gasteiger partial charge in [0.1, 0.15) is 13.1 Å². The Morgan fingerprint density at radius 1 is 1.05 bits per heavy atom. The zero-order chi connectivity index (χ0) is 14.8. The topological polar surface area (TPSA) is 122 Å². The summed E-state index contributed by atoms with van der Waals surface area (Å²) in [5.41, 5.74) is 0. The van der Waals surface area contributed by atoms with Gasteiger partial charge in [-0.1, -0.05) is 0 Å². The Bertz CT molecular complexity index is 338. The van der Waals surface area contributed by atoms with Crippen LogP contribution in [0.15, 0.2) is 0 Å². The summed E-state index contributed by atoms with van der Waals surface area (Å²) in [4.78, 5) is 45.0. The van der Waals surface area contributed by atoms with Gasteiger partial charge in [-0.2, -0.15) is 0 Å². The summed E-state index contributed by atoms with van der Waals surface area (Å²) in [7, 11) is 2.28. The number of nitrogens with zero attached hydrogens (tertiary/aromatic N) is 1. The molecule has 0 aromatic carbocycles. The van der Waals surface area contributed by atoms with Gasteiger partial charge in [-0.05, 0) is 0 Å². The standard InChI is InChI=1S/C10H16N2O7/c1-18-8(15)5-12(6-9(16)19-2)10(17)11-4-3-7(13)14/h3-6H2,1-2H3,(H,11,17)(H,13,14). The second-order valence-electron chi connectivity index (χ2n) is 3.38. The summed E-state index contributed by atoms with van der Waals surface area (Å²) >= 11 is 0. The minimum atomic E-state index is -1.08. The Hall–Kier alpha value is -2.32. The summed E-state index contributed by atoms with van der Waals surface area (Å²) in [6, 6.07) is -0.753. The molecule has 0 radical (unpaired) electrons. The molecule has 0 saturated carbocycles. The Morgan fingerprint density at radius 3 is 1.89 bits per heavy atom. The molecule has 0 heterocycles. The fraction of sp³-hybridized carbons (Fsp3) is 0.600. The number of amides is 2. The third kappa shape index (κ3) is 7.58.